The van der Waals surface area contributed by atoms with E-state index in [1.807, 2.05) is 18.2 Å². The van der Waals surface area contributed by atoms with Crippen LogP contribution in [0.4, 0.5) is 0 Å². The zero-order chi connectivity index (χ0) is 12.3. The van der Waals surface area contributed by atoms with Gasteiger partial charge in [0, 0.05) is 9.90 Å². The summed E-state index contributed by atoms with van der Waals surface area (Å²) in [6, 6.07) is 10.5. The zero-order valence-electron chi connectivity index (χ0n) is 10.0. The van der Waals surface area contributed by atoms with Gasteiger partial charge in [0.25, 0.3) is 0 Å². The van der Waals surface area contributed by atoms with Gasteiger partial charge in [0.05, 0.1) is 6.04 Å². The maximum Gasteiger partial charge on any atom is 0.0674 e. The van der Waals surface area contributed by atoms with Crippen molar-refractivity contribution in [2.45, 2.75) is 19.9 Å². The molecule has 1 aromatic carbocycles. The van der Waals surface area contributed by atoms with E-state index in [0.29, 0.717) is 0 Å². The predicted octanol–water partition coefficient (Wildman–Crippen LogP) is 4.41. The molecule has 0 aliphatic rings. The van der Waals surface area contributed by atoms with Gasteiger partial charge in [0.15, 0.2) is 0 Å². The molecule has 0 radical (unpaired) electrons. The van der Waals surface area contributed by atoms with Crippen LogP contribution in [-0.4, -0.2) is 6.54 Å². The SMILES string of the molecule is CCNC(c1cccc(Cl)c1)c1sccc1C. The molecule has 1 unspecified atom stereocenters. The number of hydrogen-bond donors (Lipinski definition) is 1. The normalized spacial score (nSPS) is 12.6. The molecule has 0 aliphatic heterocycles. The molecule has 1 heterocycles. The second kappa shape index (κ2) is 5.67. The van der Waals surface area contributed by atoms with E-state index in [2.05, 4.69) is 36.7 Å². The highest BCUT2D eigenvalue weighted by Crippen LogP contribution is 2.30. The van der Waals surface area contributed by atoms with Gasteiger partial charge in [-0.2, -0.15) is 0 Å². The van der Waals surface area contributed by atoms with E-state index < -0.39 is 0 Å². The number of aryl methyl sites for hydroxylation is 1. The minimum Gasteiger partial charge on any atom is -0.306 e. The summed E-state index contributed by atoms with van der Waals surface area (Å²) in [6.45, 7) is 5.22. The molecule has 0 saturated carbocycles. The lowest BCUT2D eigenvalue weighted by molar-refractivity contribution is 0.637. The highest BCUT2D eigenvalue weighted by Gasteiger charge is 2.16. The van der Waals surface area contributed by atoms with E-state index >= 15 is 0 Å². The standard InChI is InChI=1S/C14H16ClNS/c1-3-16-13(14-10(2)7-8-17-14)11-5-4-6-12(15)9-11/h4-9,13,16H,3H2,1-2H3. The van der Waals surface area contributed by atoms with Crippen molar-refractivity contribution in [1.29, 1.82) is 0 Å². The Bertz CT molecular complexity index is 492. The highest BCUT2D eigenvalue weighted by atomic mass is 35.5. The van der Waals surface area contributed by atoms with Crippen LogP contribution in [0.25, 0.3) is 0 Å². The Kier molecular flexibility index (Phi) is 4.21. The topological polar surface area (TPSA) is 12.0 Å². The van der Waals surface area contributed by atoms with E-state index in [1.165, 1.54) is 16.0 Å². The minimum atomic E-state index is 0.249. The molecule has 2 aromatic rings. The van der Waals surface area contributed by atoms with Crippen LogP contribution in [0.5, 0.6) is 0 Å². The summed E-state index contributed by atoms with van der Waals surface area (Å²) in [5.41, 5.74) is 2.56. The van der Waals surface area contributed by atoms with E-state index in [-0.39, 0.29) is 6.04 Å². The Morgan fingerprint density at radius 3 is 2.76 bits per heavy atom. The van der Waals surface area contributed by atoms with Crippen molar-refractivity contribution in [3.8, 4) is 0 Å². The number of halogens is 1. The van der Waals surface area contributed by atoms with Crippen LogP contribution >= 0.6 is 22.9 Å². The molecule has 0 spiro atoms. The molecule has 90 valence electrons. The zero-order valence-corrected chi connectivity index (χ0v) is 11.6. The maximum absolute atomic E-state index is 6.07. The number of benzene rings is 1. The largest absolute Gasteiger partial charge is 0.306 e. The lowest BCUT2D eigenvalue weighted by Crippen LogP contribution is -2.21. The van der Waals surface area contributed by atoms with Crippen molar-refractivity contribution < 1.29 is 0 Å². The first-order valence-electron chi connectivity index (χ1n) is 5.75. The van der Waals surface area contributed by atoms with Crippen LogP contribution in [0, 0.1) is 6.92 Å². The first kappa shape index (κ1) is 12.6. The minimum absolute atomic E-state index is 0.249. The molecule has 0 amide bonds. The predicted molar refractivity (Wildman–Crippen MR) is 76.0 cm³/mol. The lowest BCUT2D eigenvalue weighted by atomic mass is 10.0. The Morgan fingerprint density at radius 1 is 1.35 bits per heavy atom. The molecule has 0 aliphatic carbocycles. The van der Waals surface area contributed by atoms with Gasteiger partial charge in [-0.25, -0.2) is 0 Å². The van der Waals surface area contributed by atoms with Crippen molar-refractivity contribution in [3.05, 3.63) is 56.7 Å². The third kappa shape index (κ3) is 2.89. The van der Waals surface area contributed by atoms with Crippen molar-refractivity contribution in [2.75, 3.05) is 6.54 Å². The summed E-state index contributed by atoms with van der Waals surface area (Å²) in [6.07, 6.45) is 0. The Hall–Kier alpha value is -0.830. The summed E-state index contributed by atoms with van der Waals surface area (Å²) >= 11 is 7.86. The van der Waals surface area contributed by atoms with E-state index in [9.17, 15) is 0 Å². The van der Waals surface area contributed by atoms with Crippen molar-refractivity contribution in [1.82, 2.24) is 5.32 Å². The Balaban J connectivity index is 2.39. The average Bonchev–Trinajstić information content (AvgIpc) is 2.72. The van der Waals surface area contributed by atoms with Gasteiger partial charge in [-0.3, -0.25) is 0 Å². The van der Waals surface area contributed by atoms with Gasteiger partial charge in [-0.1, -0.05) is 30.7 Å². The Labute approximate surface area is 111 Å². The fourth-order valence-electron chi connectivity index (χ4n) is 1.93. The summed E-state index contributed by atoms with van der Waals surface area (Å²) in [4.78, 5) is 1.37. The number of thiophene rings is 1. The van der Waals surface area contributed by atoms with E-state index in [1.54, 1.807) is 11.3 Å². The molecule has 3 heteroatoms. The number of rotatable bonds is 4. The van der Waals surface area contributed by atoms with Gasteiger partial charge < -0.3 is 5.32 Å². The average molecular weight is 266 g/mol. The van der Waals surface area contributed by atoms with Gasteiger partial charge >= 0.3 is 0 Å². The Morgan fingerprint density at radius 2 is 2.18 bits per heavy atom. The van der Waals surface area contributed by atoms with Crippen LogP contribution in [0.15, 0.2) is 35.7 Å². The monoisotopic (exact) mass is 265 g/mol. The van der Waals surface area contributed by atoms with Crippen LogP contribution in [0.2, 0.25) is 5.02 Å². The maximum atomic E-state index is 6.07. The van der Waals surface area contributed by atoms with Crippen molar-refractivity contribution in [3.63, 3.8) is 0 Å². The van der Waals surface area contributed by atoms with Gasteiger partial charge in [0.2, 0.25) is 0 Å². The van der Waals surface area contributed by atoms with Gasteiger partial charge in [0.1, 0.15) is 0 Å². The quantitative estimate of drug-likeness (QED) is 0.864. The smallest absolute Gasteiger partial charge is 0.0674 e. The molecule has 0 fully saturated rings. The van der Waals surface area contributed by atoms with Crippen LogP contribution < -0.4 is 5.32 Å². The molecule has 2 rings (SSSR count). The molecule has 1 aromatic heterocycles. The molecule has 1 N–H and O–H groups in total. The molecule has 1 nitrogen and oxygen atoms in total. The summed E-state index contributed by atoms with van der Waals surface area (Å²) in [7, 11) is 0. The second-order valence-electron chi connectivity index (χ2n) is 4.01. The number of hydrogen-bond acceptors (Lipinski definition) is 2. The molecule has 0 bridgehead atoms. The molecule has 0 saturated heterocycles. The summed E-state index contributed by atoms with van der Waals surface area (Å²) in [5.74, 6) is 0. The lowest BCUT2D eigenvalue weighted by Gasteiger charge is -2.18. The molecular formula is C14H16ClNS. The van der Waals surface area contributed by atoms with Crippen LogP contribution in [-0.2, 0) is 0 Å². The second-order valence-corrected chi connectivity index (χ2v) is 5.40. The summed E-state index contributed by atoms with van der Waals surface area (Å²) < 4.78 is 0. The number of nitrogens with one attached hydrogen (secondary N) is 1. The third-order valence-electron chi connectivity index (χ3n) is 2.75. The van der Waals surface area contributed by atoms with E-state index in [4.69, 9.17) is 11.6 Å². The van der Waals surface area contributed by atoms with E-state index in [0.717, 1.165) is 11.6 Å². The van der Waals surface area contributed by atoms with Gasteiger partial charge in [-0.05, 0) is 48.2 Å². The first-order valence-corrected chi connectivity index (χ1v) is 7.01. The van der Waals surface area contributed by atoms with Crippen LogP contribution in [0.3, 0.4) is 0 Å². The molecule has 1 atom stereocenters. The van der Waals surface area contributed by atoms with Crippen molar-refractivity contribution in [2.24, 2.45) is 0 Å². The first-order chi connectivity index (χ1) is 8.22. The fourth-order valence-corrected chi connectivity index (χ4v) is 3.16. The van der Waals surface area contributed by atoms with Gasteiger partial charge in [-0.15, -0.1) is 11.3 Å². The summed E-state index contributed by atoms with van der Waals surface area (Å²) in [5, 5.41) is 6.45. The fraction of sp³-hybridized carbons (Fsp3) is 0.286. The van der Waals surface area contributed by atoms with Crippen LogP contribution in [0.1, 0.15) is 29.0 Å². The molecular weight excluding hydrogens is 250 g/mol. The van der Waals surface area contributed by atoms with Crippen molar-refractivity contribution >= 4 is 22.9 Å². The molecule has 17 heavy (non-hydrogen) atoms. The third-order valence-corrected chi connectivity index (χ3v) is 4.07. The highest BCUT2D eigenvalue weighted by molar-refractivity contribution is 7.10.